The first-order valence-electron chi connectivity index (χ1n) is 6.14. The monoisotopic (exact) mass is 227 g/mol. The molecule has 0 aromatic heterocycles. The van der Waals surface area contributed by atoms with Gasteiger partial charge < -0.3 is 15.2 Å². The maximum Gasteiger partial charge on any atom is 0.326 e. The van der Waals surface area contributed by atoms with Gasteiger partial charge in [-0.25, -0.2) is 0 Å². The second-order valence-corrected chi connectivity index (χ2v) is 5.21. The minimum atomic E-state index is -0.773. The van der Waals surface area contributed by atoms with E-state index in [9.17, 15) is 4.79 Å². The third kappa shape index (κ3) is 2.74. The molecule has 16 heavy (non-hydrogen) atoms. The molecule has 1 atom stereocenters. The Kier molecular flexibility index (Phi) is 3.50. The van der Waals surface area contributed by atoms with Crippen molar-refractivity contribution in [2.24, 2.45) is 17.6 Å². The van der Waals surface area contributed by atoms with Gasteiger partial charge in [-0.05, 0) is 44.4 Å². The van der Waals surface area contributed by atoms with Crippen LogP contribution in [0.2, 0.25) is 0 Å². The zero-order valence-electron chi connectivity index (χ0n) is 9.91. The average molecular weight is 227 g/mol. The van der Waals surface area contributed by atoms with Gasteiger partial charge in [-0.2, -0.15) is 0 Å². The molecule has 0 bridgehead atoms. The molecule has 1 saturated carbocycles. The zero-order valence-corrected chi connectivity index (χ0v) is 9.91. The van der Waals surface area contributed by atoms with E-state index in [1.807, 2.05) is 0 Å². The molecule has 2 aliphatic rings. The van der Waals surface area contributed by atoms with Crippen molar-refractivity contribution in [3.8, 4) is 0 Å². The molecule has 0 aromatic rings. The lowest BCUT2D eigenvalue weighted by molar-refractivity contribution is -0.152. The molecule has 0 spiro atoms. The number of carbonyl (C=O) groups excluding carboxylic acids is 1. The zero-order chi connectivity index (χ0) is 11.6. The first-order chi connectivity index (χ1) is 7.60. The summed E-state index contributed by atoms with van der Waals surface area (Å²) in [5, 5.41) is 0. The highest BCUT2D eigenvalue weighted by Crippen LogP contribution is 2.38. The number of carbonyl (C=O) groups is 1. The summed E-state index contributed by atoms with van der Waals surface area (Å²) in [5.41, 5.74) is 5.21. The Morgan fingerprint density at radius 2 is 2.00 bits per heavy atom. The van der Waals surface area contributed by atoms with Crippen LogP contribution in [0.5, 0.6) is 0 Å². The number of hydrogen-bond donors (Lipinski definition) is 1. The van der Waals surface area contributed by atoms with E-state index in [-0.39, 0.29) is 5.97 Å². The summed E-state index contributed by atoms with van der Waals surface area (Å²) in [6.45, 7) is 3.86. The molecule has 1 aliphatic heterocycles. The van der Waals surface area contributed by atoms with Gasteiger partial charge in [0.05, 0.1) is 6.61 Å². The predicted octanol–water partition coefficient (Wildman–Crippen LogP) is 1.08. The molecular weight excluding hydrogens is 206 g/mol. The molecule has 1 aliphatic carbocycles. The summed E-state index contributed by atoms with van der Waals surface area (Å²) in [7, 11) is 0. The highest BCUT2D eigenvalue weighted by Gasteiger charge is 2.45. The molecule has 1 heterocycles. The molecule has 2 rings (SSSR count). The van der Waals surface area contributed by atoms with Gasteiger partial charge in [0.2, 0.25) is 0 Å². The van der Waals surface area contributed by atoms with Crippen molar-refractivity contribution in [3.63, 3.8) is 0 Å². The van der Waals surface area contributed by atoms with Crippen molar-refractivity contribution in [1.82, 2.24) is 0 Å². The minimum absolute atomic E-state index is 0.235. The smallest absolute Gasteiger partial charge is 0.326 e. The molecule has 92 valence electrons. The summed E-state index contributed by atoms with van der Waals surface area (Å²) in [5.74, 6) is 0.545. The summed E-state index contributed by atoms with van der Waals surface area (Å²) in [6.07, 6.45) is 4.08. The summed E-state index contributed by atoms with van der Waals surface area (Å²) < 4.78 is 10.6. The van der Waals surface area contributed by atoms with Gasteiger partial charge in [0.25, 0.3) is 0 Å². The number of hydrogen-bond acceptors (Lipinski definition) is 4. The Morgan fingerprint density at radius 3 is 2.56 bits per heavy atom. The Balaban J connectivity index is 1.74. The van der Waals surface area contributed by atoms with Crippen LogP contribution in [0.1, 0.15) is 32.6 Å². The molecule has 2 fully saturated rings. The van der Waals surface area contributed by atoms with Gasteiger partial charge in [-0.3, -0.25) is 4.79 Å². The van der Waals surface area contributed by atoms with E-state index in [1.165, 1.54) is 0 Å². The van der Waals surface area contributed by atoms with Crippen LogP contribution in [-0.4, -0.2) is 31.3 Å². The molecule has 0 amide bonds. The summed E-state index contributed by atoms with van der Waals surface area (Å²) in [4.78, 5) is 11.8. The average Bonchev–Trinajstić information content (AvgIpc) is 3.11. The Bertz CT molecular complexity index is 255. The Labute approximate surface area is 96.5 Å². The highest BCUT2D eigenvalue weighted by molar-refractivity contribution is 5.81. The van der Waals surface area contributed by atoms with Gasteiger partial charge in [-0.1, -0.05) is 0 Å². The third-order valence-corrected chi connectivity index (χ3v) is 3.66. The molecule has 2 N–H and O–H groups in total. The lowest BCUT2D eigenvalue weighted by atomic mass is 9.97. The number of esters is 1. The van der Waals surface area contributed by atoms with Crippen LogP contribution in [0.4, 0.5) is 0 Å². The first kappa shape index (κ1) is 11.9. The van der Waals surface area contributed by atoms with E-state index >= 15 is 0 Å². The van der Waals surface area contributed by atoms with Gasteiger partial charge >= 0.3 is 5.97 Å². The van der Waals surface area contributed by atoms with Crippen molar-refractivity contribution in [2.45, 2.75) is 38.1 Å². The first-order valence-corrected chi connectivity index (χ1v) is 6.14. The van der Waals surface area contributed by atoms with Gasteiger partial charge in [0, 0.05) is 13.2 Å². The van der Waals surface area contributed by atoms with Crippen LogP contribution in [0.3, 0.4) is 0 Å². The topological polar surface area (TPSA) is 61.6 Å². The normalized spacial score (nSPS) is 26.1. The molecule has 4 heteroatoms. The predicted molar refractivity (Wildman–Crippen MR) is 59.8 cm³/mol. The van der Waals surface area contributed by atoms with Gasteiger partial charge in [-0.15, -0.1) is 0 Å². The van der Waals surface area contributed by atoms with Crippen LogP contribution in [0.25, 0.3) is 0 Å². The second-order valence-electron chi connectivity index (χ2n) is 5.21. The fraction of sp³-hybridized carbons (Fsp3) is 0.917. The third-order valence-electron chi connectivity index (χ3n) is 3.66. The van der Waals surface area contributed by atoms with Crippen molar-refractivity contribution in [1.29, 1.82) is 0 Å². The SMILES string of the molecule is CC(N)(C(=O)OCC1CCOCC1)C1CC1. The second kappa shape index (κ2) is 4.72. The van der Waals surface area contributed by atoms with Crippen molar-refractivity contribution < 1.29 is 14.3 Å². The van der Waals surface area contributed by atoms with Gasteiger partial charge in [0.1, 0.15) is 5.54 Å². The maximum absolute atomic E-state index is 11.8. The largest absolute Gasteiger partial charge is 0.464 e. The quantitative estimate of drug-likeness (QED) is 0.730. The van der Waals surface area contributed by atoms with E-state index in [0.29, 0.717) is 18.4 Å². The van der Waals surface area contributed by atoms with Crippen LogP contribution in [0.15, 0.2) is 0 Å². The molecular formula is C12H21NO3. The Morgan fingerprint density at radius 1 is 1.38 bits per heavy atom. The minimum Gasteiger partial charge on any atom is -0.464 e. The van der Waals surface area contributed by atoms with Gasteiger partial charge in [0.15, 0.2) is 0 Å². The molecule has 1 saturated heterocycles. The highest BCUT2D eigenvalue weighted by atomic mass is 16.5. The number of rotatable bonds is 4. The van der Waals surface area contributed by atoms with Crippen LogP contribution in [-0.2, 0) is 14.3 Å². The fourth-order valence-electron chi connectivity index (χ4n) is 2.11. The lowest BCUT2D eigenvalue weighted by Gasteiger charge is -2.26. The van der Waals surface area contributed by atoms with E-state index < -0.39 is 5.54 Å². The molecule has 1 unspecified atom stereocenters. The van der Waals surface area contributed by atoms with Crippen molar-refractivity contribution >= 4 is 5.97 Å². The van der Waals surface area contributed by atoms with E-state index in [2.05, 4.69) is 0 Å². The summed E-state index contributed by atoms with van der Waals surface area (Å²) in [6, 6.07) is 0. The number of nitrogens with two attached hydrogens (primary N) is 1. The van der Waals surface area contributed by atoms with Crippen LogP contribution < -0.4 is 5.73 Å². The summed E-state index contributed by atoms with van der Waals surface area (Å²) >= 11 is 0. The van der Waals surface area contributed by atoms with Crippen LogP contribution in [0, 0.1) is 11.8 Å². The van der Waals surface area contributed by atoms with E-state index in [1.54, 1.807) is 6.92 Å². The van der Waals surface area contributed by atoms with Crippen LogP contribution >= 0.6 is 0 Å². The van der Waals surface area contributed by atoms with E-state index in [4.69, 9.17) is 15.2 Å². The van der Waals surface area contributed by atoms with Crippen molar-refractivity contribution in [3.05, 3.63) is 0 Å². The number of ether oxygens (including phenoxy) is 2. The van der Waals surface area contributed by atoms with Crippen molar-refractivity contribution in [2.75, 3.05) is 19.8 Å². The maximum atomic E-state index is 11.8. The Hall–Kier alpha value is -0.610. The fourth-order valence-corrected chi connectivity index (χ4v) is 2.11. The molecule has 0 radical (unpaired) electrons. The standard InChI is InChI=1S/C12H21NO3/c1-12(13,10-2-3-10)11(14)16-8-9-4-6-15-7-5-9/h9-10H,2-8,13H2,1H3. The lowest BCUT2D eigenvalue weighted by Crippen LogP contribution is -2.48. The molecule has 0 aromatic carbocycles. The molecule has 4 nitrogen and oxygen atoms in total. The van der Waals surface area contributed by atoms with E-state index in [0.717, 1.165) is 38.9 Å².